The number of carbonyl (C=O) groups excluding carboxylic acids is 1. The molecule has 2 N–H and O–H groups in total. The normalized spacial score (nSPS) is 25.6. The summed E-state index contributed by atoms with van der Waals surface area (Å²) in [7, 11) is 1.44. The smallest absolute Gasteiger partial charge is 0.220 e. The molecule has 0 spiro atoms. The third kappa shape index (κ3) is 4.58. The minimum atomic E-state index is -0.379. The summed E-state index contributed by atoms with van der Waals surface area (Å²) >= 11 is 0. The summed E-state index contributed by atoms with van der Waals surface area (Å²) in [6, 6.07) is 6.28. The molecular formula is C17H24ClFN2O2. The van der Waals surface area contributed by atoms with Gasteiger partial charge in [-0.05, 0) is 49.8 Å². The topological polar surface area (TPSA) is 50.4 Å². The van der Waals surface area contributed by atoms with Crippen LogP contribution in [0.15, 0.2) is 18.2 Å². The van der Waals surface area contributed by atoms with Gasteiger partial charge in [0.1, 0.15) is 0 Å². The van der Waals surface area contributed by atoms with Crippen molar-refractivity contribution >= 4 is 18.3 Å². The number of benzene rings is 1. The van der Waals surface area contributed by atoms with Crippen molar-refractivity contribution < 1.29 is 13.9 Å². The lowest BCUT2D eigenvalue weighted by Gasteiger charge is -2.29. The Kier molecular flexibility index (Phi) is 6.25. The molecule has 0 aliphatic carbocycles. The van der Waals surface area contributed by atoms with Crippen molar-refractivity contribution in [3.05, 3.63) is 29.6 Å². The van der Waals surface area contributed by atoms with Gasteiger partial charge in [0.25, 0.3) is 0 Å². The monoisotopic (exact) mass is 342 g/mol. The summed E-state index contributed by atoms with van der Waals surface area (Å²) in [4.78, 5) is 12.1. The maximum absolute atomic E-state index is 13.6. The maximum atomic E-state index is 13.6. The highest BCUT2D eigenvalue weighted by Crippen LogP contribution is 2.26. The van der Waals surface area contributed by atoms with Gasteiger partial charge in [-0.25, -0.2) is 4.39 Å². The fraction of sp³-hybridized carbons (Fsp3) is 0.588. The van der Waals surface area contributed by atoms with Crippen LogP contribution in [-0.2, 0) is 11.2 Å². The average molecular weight is 343 g/mol. The number of methoxy groups -OCH3 is 1. The number of halogens is 2. The second-order valence-corrected chi connectivity index (χ2v) is 6.34. The van der Waals surface area contributed by atoms with Crippen molar-refractivity contribution in [1.82, 2.24) is 10.6 Å². The number of amides is 1. The molecule has 6 heteroatoms. The summed E-state index contributed by atoms with van der Waals surface area (Å²) in [5.74, 6) is -0.0868. The molecule has 2 unspecified atom stereocenters. The van der Waals surface area contributed by atoms with E-state index in [2.05, 4.69) is 10.6 Å². The van der Waals surface area contributed by atoms with Gasteiger partial charge in [0.15, 0.2) is 11.6 Å². The van der Waals surface area contributed by atoms with Crippen LogP contribution in [0.2, 0.25) is 0 Å². The molecule has 0 saturated carbocycles. The van der Waals surface area contributed by atoms with Crippen molar-refractivity contribution in [2.75, 3.05) is 7.11 Å². The van der Waals surface area contributed by atoms with Crippen LogP contribution in [0.1, 0.15) is 37.7 Å². The molecule has 2 saturated heterocycles. The van der Waals surface area contributed by atoms with Crippen molar-refractivity contribution in [1.29, 1.82) is 0 Å². The Bertz CT molecular complexity index is 543. The molecule has 1 aromatic rings. The first-order chi connectivity index (χ1) is 10.6. The molecule has 1 aromatic carbocycles. The largest absolute Gasteiger partial charge is 0.494 e. The minimum absolute atomic E-state index is 0. The van der Waals surface area contributed by atoms with E-state index in [-0.39, 0.29) is 29.9 Å². The van der Waals surface area contributed by atoms with E-state index >= 15 is 0 Å². The zero-order valence-corrected chi connectivity index (χ0v) is 14.1. The number of aryl methyl sites for hydroxylation is 1. The number of fused-ring (bicyclic) bond motifs is 2. The molecular weight excluding hydrogens is 319 g/mol. The highest BCUT2D eigenvalue weighted by molar-refractivity contribution is 5.85. The van der Waals surface area contributed by atoms with Crippen molar-refractivity contribution in [2.45, 2.75) is 56.7 Å². The SMILES string of the molecule is COc1ccc(CCC(=O)NC2CC3CCC(C2)N3)cc1F.Cl. The second kappa shape index (κ2) is 7.97. The lowest BCUT2D eigenvalue weighted by molar-refractivity contribution is -0.122. The molecule has 2 atom stereocenters. The molecule has 1 amide bonds. The van der Waals surface area contributed by atoms with Crippen LogP contribution in [0.3, 0.4) is 0 Å². The minimum Gasteiger partial charge on any atom is -0.494 e. The van der Waals surface area contributed by atoms with E-state index in [1.54, 1.807) is 12.1 Å². The van der Waals surface area contributed by atoms with Gasteiger partial charge in [-0.3, -0.25) is 4.79 Å². The van der Waals surface area contributed by atoms with Gasteiger partial charge in [-0.1, -0.05) is 6.07 Å². The van der Waals surface area contributed by atoms with E-state index in [9.17, 15) is 9.18 Å². The molecule has 2 aliphatic heterocycles. The fourth-order valence-corrected chi connectivity index (χ4v) is 3.60. The first-order valence-corrected chi connectivity index (χ1v) is 8.02. The first-order valence-electron chi connectivity index (χ1n) is 8.02. The Morgan fingerprint density at radius 2 is 2.04 bits per heavy atom. The average Bonchev–Trinajstić information content (AvgIpc) is 2.84. The number of nitrogens with one attached hydrogen (secondary N) is 2. The predicted molar refractivity (Wildman–Crippen MR) is 89.6 cm³/mol. The van der Waals surface area contributed by atoms with E-state index < -0.39 is 0 Å². The Balaban J connectivity index is 0.00000192. The van der Waals surface area contributed by atoms with Gasteiger partial charge in [0.05, 0.1) is 7.11 Å². The van der Waals surface area contributed by atoms with E-state index in [0.29, 0.717) is 31.0 Å². The van der Waals surface area contributed by atoms with E-state index in [1.807, 2.05) is 0 Å². The molecule has 2 fully saturated rings. The first kappa shape index (κ1) is 18.0. The molecule has 4 nitrogen and oxygen atoms in total. The van der Waals surface area contributed by atoms with Crippen LogP contribution in [-0.4, -0.2) is 31.1 Å². The van der Waals surface area contributed by atoms with Crippen molar-refractivity contribution in [2.24, 2.45) is 0 Å². The Morgan fingerprint density at radius 3 is 2.65 bits per heavy atom. The molecule has 2 heterocycles. The van der Waals surface area contributed by atoms with Gasteiger partial charge in [-0.15, -0.1) is 12.4 Å². The van der Waals surface area contributed by atoms with E-state index in [4.69, 9.17) is 4.74 Å². The van der Waals surface area contributed by atoms with E-state index in [1.165, 1.54) is 26.0 Å². The number of rotatable bonds is 5. The maximum Gasteiger partial charge on any atom is 0.220 e. The van der Waals surface area contributed by atoms with Gasteiger partial charge < -0.3 is 15.4 Å². The van der Waals surface area contributed by atoms with Crippen molar-refractivity contribution in [3.8, 4) is 5.75 Å². The van der Waals surface area contributed by atoms with Crippen LogP contribution in [0.25, 0.3) is 0 Å². The summed E-state index contributed by atoms with van der Waals surface area (Å²) < 4.78 is 18.5. The van der Waals surface area contributed by atoms with Crippen molar-refractivity contribution in [3.63, 3.8) is 0 Å². The summed E-state index contributed by atoms with van der Waals surface area (Å²) in [6.45, 7) is 0. The van der Waals surface area contributed by atoms with Gasteiger partial charge in [0.2, 0.25) is 5.91 Å². The second-order valence-electron chi connectivity index (χ2n) is 6.34. The number of hydrogen-bond donors (Lipinski definition) is 2. The van der Waals surface area contributed by atoms with Gasteiger partial charge in [0, 0.05) is 24.5 Å². The van der Waals surface area contributed by atoms with Gasteiger partial charge in [-0.2, -0.15) is 0 Å². The molecule has 2 bridgehead atoms. The number of hydrogen-bond acceptors (Lipinski definition) is 3. The predicted octanol–water partition coefficient (Wildman–Crippen LogP) is 2.59. The number of piperidine rings is 1. The number of ether oxygens (including phenoxy) is 1. The Hall–Kier alpha value is -1.33. The highest BCUT2D eigenvalue weighted by atomic mass is 35.5. The number of carbonyl (C=O) groups is 1. The molecule has 0 radical (unpaired) electrons. The third-order valence-electron chi connectivity index (χ3n) is 4.70. The van der Waals surface area contributed by atoms with Crippen LogP contribution in [0.4, 0.5) is 4.39 Å². The Morgan fingerprint density at radius 1 is 1.35 bits per heavy atom. The molecule has 2 aliphatic rings. The van der Waals surface area contributed by atoms with Gasteiger partial charge >= 0.3 is 0 Å². The fourth-order valence-electron chi connectivity index (χ4n) is 3.60. The summed E-state index contributed by atoms with van der Waals surface area (Å²) in [6.07, 6.45) is 5.44. The van der Waals surface area contributed by atoms with Crippen LogP contribution in [0.5, 0.6) is 5.75 Å². The summed E-state index contributed by atoms with van der Waals surface area (Å²) in [5.41, 5.74) is 0.818. The van der Waals surface area contributed by atoms with E-state index in [0.717, 1.165) is 18.4 Å². The Labute approximate surface area is 142 Å². The quantitative estimate of drug-likeness (QED) is 0.864. The van der Waals surface area contributed by atoms with Crippen LogP contribution >= 0.6 is 12.4 Å². The molecule has 0 aromatic heterocycles. The zero-order chi connectivity index (χ0) is 15.5. The lowest BCUT2D eigenvalue weighted by Crippen LogP contribution is -2.48. The molecule has 3 rings (SSSR count). The zero-order valence-electron chi connectivity index (χ0n) is 13.3. The van der Waals surface area contributed by atoms with Crippen LogP contribution < -0.4 is 15.4 Å². The molecule has 23 heavy (non-hydrogen) atoms. The standard InChI is InChI=1S/C17H23FN2O2.ClH/c1-22-16-6-2-11(8-15(16)18)3-7-17(21)20-14-9-12-4-5-13(10-14)19-12;/h2,6,8,12-14,19H,3-5,7,9-10H2,1H3,(H,20,21);1H. The lowest BCUT2D eigenvalue weighted by atomic mass is 9.99. The third-order valence-corrected chi connectivity index (χ3v) is 4.70. The van der Waals surface area contributed by atoms with Crippen LogP contribution in [0, 0.1) is 5.82 Å². The highest BCUT2D eigenvalue weighted by Gasteiger charge is 2.33. The molecule has 128 valence electrons. The summed E-state index contributed by atoms with van der Waals surface area (Å²) in [5, 5.41) is 6.69.